The third-order valence-corrected chi connectivity index (χ3v) is 4.20. The molecule has 0 aliphatic carbocycles. The fraction of sp³-hybridized carbons (Fsp3) is 0.333. The lowest BCUT2D eigenvalue weighted by atomic mass is 9.94. The van der Waals surface area contributed by atoms with Gasteiger partial charge in [-0.1, -0.05) is 30.3 Å². The van der Waals surface area contributed by atoms with Crippen molar-refractivity contribution in [3.8, 4) is 5.75 Å². The molecule has 2 aromatic carbocycles. The average molecular weight is 267 g/mol. The van der Waals surface area contributed by atoms with Crippen LogP contribution in [0.3, 0.4) is 0 Å². The zero-order valence-corrected chi connectivity index (χ0v) is 12.4. The van der Waals surface area contributed by atoms with Gasteiger partial charge >= 0.3 is 0 Å². The topological polar surface area (TPSA) is 21.3 Å². The smallest absolute Gasteiger partial charge is 0.122 e. The number of hydrogen-bond acceptors (Lipinski definition) is 2. The number of rotatable bonds is 3. The van der Waals surface area contributed by atoms with Crippen LogP contribution >= 0.6 is 0 Å². The molecule has 1 aliphatic heterocycles. The van der Waals surface area contributed by atoms with Crippen LogP contribution in [0, 0.1) is 13.8 Å². The normalized spacial score (nSPS) is 14.8. The summed E-state index contributed by atoms with van der Waals surface area (Å²) >= 11 is 0. The highest BCUT2D eigenvalue weighted by atomic mass is 16.5. The van der Waals surface area contributed by atoms with Crippen LogP contribution in [0.2, 0.25) is 0 Å². The van der Waals surface area contributed by atoms with E-state index in [1.54, 1.807) is 0 Å². The van der Waals surface area contributed by atoms with Crippen LogP contribution in [0.5, 0.6) is 5.75 Å². The summed E-state index contributed by atoms with van der Waals surface area (Å²) in [4.78, 5) is 0. The van der Waals surface area contributed by atoms with E-state index in [4.69, 9.17) is 4.74 Å². The second-order valence-electron chi connectivity index (χ2n) is 5.53. The van der Waals surface area contributed by atoms with Gasteiger partial charge in [-0.15, -0.1) is 0 Å². The van der Waals surface area contributed by atoms with Crippen LogP contribution in [0.4, 0.5) is 0 Å². The van der Waals surface area contributed by atoms with Gasteiger partial charge in [0.1, 0.15) is 5.75 Å². The van der Waals surface area contributed by atoms with Crippen molar-refractivity contribution in [3.63, 3.8) is 0 Å². The lowest BCUT2D eigenvalue weighted by Gasteiger charge is -2.19. The Labute approximate surface area is 120 Å². The number of nitrogens with one attached hydrogen (secondary N) is 1. The number of benzene rings is 2. The molecule has 0 fully saturated rings. The molecule has 1 unspecified atom stereocenters. The second-order valence-corrected chi connectivity index (χ2v) is 5.53. The molecule has 0 radical (unpaired) electrons. The molecule has 0 spiro atoms. The van der Waals surface area contributed by atoms with E-state index in [9.17, 15) is 0 Å². The number of hydrogen-bond donors (Lipinski definition) is 1. The molecule has 1 atom stereocenters. The van der Waals surface area contributed by atoms with Crippen molar-refractivity contribution < 1.29 is 4.74 Å². The van der Waals surface area contributed by atoms with Gasteiger partial charge in [-0.2, -0.15) is 0 Å². The zero-order valence-electron chi connectivity index (χ0n) is 12.4. The highest BCUT2D eigenvalue weighted by Gasteiger charge is 2.17. The minimum absolute atomic E-state index is 0.236. The van der Waals surface area contributed by atoms with Gasteiger partial charge in [-0.05, 0) is 54.8 Å². The van der Waals surface area contributed by atoms with Crippen LogP contribution < -0.4 is 10.1 Å². The van der Waals surface area contributed by atoms with Gasteiger partial charge in [-0.3, -0.25) is 0 Å². The van der Waals surface area contributed by atoms with Crippen LogP contribution in [0.25, 0.3) is 0 Å². The van der Waals surface area contributed by atoms with Gasteiger partial charge in [0.25, 0.3) is 0 Å². The van der Waals surface area contributed by atoms with Gasteiger partial charge in [-0.25, -0.2) is 0 Å². The summed E-state index contributed by atoms with van der Waals surface area (Å²) in [5.41, 5.74) is 6.62. The SMILES string of the molecule is CNC(c1ccc(C)c(C)c1)c1ccc2c(c1)CCO2. The van der Waals surface area contributed by atoms with Crippen molar-refractivity contribution in [2.24, 2.45) is 0 Å². The molecule has 0 bridgehead atoms. The Hall–Kier alpha value is -1.80. The molecule has 2 aromatic rings. The van der Waals surface area contributed by atoms with Gasteiger partial charge in [0.05, 0.1) is 12.6 Å². The van der Waals surface area contributed by atoms with Gasteiger partial charge < -0.3 is 10.1 Å². The molecule has 0 saturated carbocycles. The Morgan fingerprint density at radius 2 is 1.75 bits per heavy atom. The van der Waals surface area contributed by atoms with E-state index in [1.807, 2.05) is 7.05 Å². The molecular weight excluding hydrogens is 246 g/mol. The summed E-state index contributed by atoms with van der Waals surface area (Å²) in [6, 6.07) is 13.5. The standard InChI is InChI=1S/C18H21NO/c1-12-4-5-15(10-13(12)2)18(19-3)16-6-7-17-14(11-16)8-9-20-17/h4-7,10-11,18-19H,8-9H2,1-3H3. The van der Waals surface area contributed by atoms with Crippen molar-refractivity contribution >= 4 is 0 Å². The summed E-state index contributed by atoms with van der Waals surface area (Å²) in [6.07, 6.45) is 1.02. The third kappa shape index (κ3) is 2.32. The minimum atomic E-state index is 0.236. The molecule has 1 heterocycles. The van der Waals surface area contributed by atoms with Crippen molar-refractivity contribution in [1.29, 1.82) is 0 Å². The summed E-state index contributed by atoms with van der Waals surface area (Å²) in [6.45, 7) is 5.13. The summed E-state index contributed by atoms with van der Waals surface area (Å²) < 4.78 is 5.59. The molecule has 0 aromatic heterocycles. The molecule has 0 amide bonds. The molecule has 3 rings (SSSR count). The van der Waals surface area contributed by atoms with Gasteiger partial charge in [0.15, 0.2) is 0 Å². The first-order valence-corrected chi connectivity index (χ1v) is 7.19. The Balaban J connectivity index is 1.98. The molecule has 2 nitrogen and oxygen atoms in total. The zero-order chi connectivity index (χ0) is 14.1. The Morgan fingerprint density at radius 1 is 1.00 bits per heavy atom. The Kier molecular flexibility index (Phi) is 3.49. The van der Waals surface area contributed by atoms with Crippen molar-refractivity contribution in [2.75, 3.05) is 13.7 Å². The Bertz CT molecular complexity index is 633. The van der Waals surface area contributed by atoms with Gasteiger partial charge in [0.2, 0.25) is 0 Å². The molecule has 1 aliphatic rings. The fourth-order valence-electron chi connectivity index (χ4n) is 2.86. The lowest BCUT2D eigenvalue weighted by Crippen LogP contribution is -2.18. The summed E-state index contributed by atoms with van der Waals surface area (Å²) in [7, 11) is 2.02. The maximum Gasteiger partial charge on any atom is 0.122 e. The maximum absolute atomic E-state index is 5.59. The van der Waals surface area contributed by atoms with E-state index in [0.717, 1.165) is 18.8 Å². The molecule has 2 heteroatoms. The predicted octanol–water partition coefficient (Wildman–Crippen LogP) is 3.55. The third-order valence-electron chi connectivity index (χ3n) is 4.20. The first kappa shape index (κ1) is 13.2. The van der Waals surface area contributed by atoms with Crippen LogP contribution in [0.15, 0.2) is 36.4 Å². The highest BCUT2D eigenvalue weighted by molar-refractivity contribution is 5.44. The first-order chi connectivity index (χ1) is 9.69. The minimum Gasteiger partial charge on any atom is -0.493 e. The largest absolute Gasteiger partial charge is 0.493 e. The number of fused-ring (bicyclic) bond motifs is 1. The van der Waals surface area contributed by atoms with Crippen LogP contribution in [0.1, 0.15) is 33.9 Å². The molecule has 104 valence electrons. The van der Waals surface area contributed by atoms with Crippen LogP contribution in [-0.4, -0.2) is 13.7 Å². The lowest BCUT2D eigenvalue weighted by molar-refractivity contribution is 0.357. The van der Waals surface area contributed by atoms with Crippen molar-refractivity contribution in [2.45, 2.75) is 26.3 Å². The van der Waals surface area contributed by atoms with Crippen molar-refractivity contribution in [3.05, 3.63) is 64.2 Å². The average Bonchev–Trinajstić information content (AvgIpc) is 2.91. The predicted molar refractivity (Wildman–Crippen MR) is 82.5 cm³/mol. The monoisotopic (exact) mass is 267 g/mol. The van der Waals surface area contributed by atoms with E-state index in [1.165, 1.54) is 27.8 Å². The van der Waals surface area contributed by atoms with E-state index in [-0.39, 0.29) is 6.04 Å². The number of ether oxygens (including phenoxy) is 1. The van der Waals surface area contributed by atoms with E-state index in [0.29, 0.717) is 0 Å². The molecule has 1 N–H and O–H groups in total. The highest BCUT2D eigenvalue weighted by Crippen LogP contribution is 2.31. The quantitative estimate of drug-likeness (QED) is 0.918. The summed E-state index contributed by atoms with van der Waals surface area (Å²) in [5.74, 6) is 1.05. The molecule has 0 saturated heterocycles. The van der Waals surface area contributed by atoms with E-state index < -0.39 is 0 Å². The maximum atomic E-state index is 5.59. The second kappa shape index (κ2) is 5.29. The van der Waals surface area contributed by atoms with Gasteiger partial charge in [0, 0.05) is 6.42 Å². The fourth-order valence-corrected chi connectivity index (χ4v) is 2.86. The van der Waals surface area contributed by atoms with Crippen molar-refractivity contribution in [1.82, 2.24) is 5.32 Å². The Morgan fingerprint density at radius 3 is 2.50 bits per heavy atom. The van der Waals surface area contributed by atoms with E-state index in [2.05, 4.69) is 55.6 Å². The first-order valence-electron chi connectivity index (χ1n) is 7.19. The molecular formula is C18H21NO. The van der Waals surface area contributed by atoms with Crippen LogP contribution in [-0.2, 0) is 6.42 Å². The molecule has 20 heavy (non-hydrogen) atoms. The van der Waals surface area contributed by atoms with E-state index >= 15 is 0 Å². The number of aryl methyl sites for hydroxylation is 2. The summed E-state index contributed by atoms with van der Waals surface area (Å²) in [5, 5.41) is 3.43.